The highest BCUT2D eigenvalue weighted by Gasteiger charge is 2.42. The Kier molecular flexibility index (Phi) is 6.71. The molecule has 0 aromatic carbocycles. The molecule has 8 heteroatoms. The molecule has 4 rings (SSSR count). The van der Waals surface area contributed by atoms with Crippen LogP contribution in [0.3, 0.4) is 0 Å². The van der Waals surface area contributed by atoms with Gasteiger partial charge in [0.2, 0.25) is 10.0 Å². The number of sulfonamides is 1. The van der Waals surface area contributed by atoms with Gasteiger partial charge < -0.3 is 10.2 Å². The van der Waals surface area contributed by atoms with Crippen LogP contribution in [0.2, 0.25) is 0 Å². The fourth-order valence-corrected chi connectivity index (χ4v) is 6.86. The number of aliphatic imine (C=N–C) groups is 1. The molecule has 2 aliphatic heterocycles. The summed E-state index contributed by atoms with van der Waals surface area (Å²) in [7, 11) is -3.05. The molecule has 4 aliphatic rings. The number of hydrogen-bond acceptors (Lipinski definition) is 4. The Balaban J connectivity index is 1.27. The molecule has 3 unspecified atom stereocenters. The van der Waals surface area contributed by atoms with Crippen molar-refractivity contribution >= 4 is 16.0 Å². The zero-order chi connectivity index (χ0) is 20.4. The number of nitrogens with zero attached hydrogens (tertiary/aromatic N) is 4. The Morgan fingerprint density at radius 1 is 1.00 bits per heavy atom. The van der Waals surface area contributed by atoms with Crippen molar-refractivity contribution in [1.29, 1.82) is 0 Å². The van der Waals surface area contributed by atoms with Gasteiger partial charge in [0.1, 0.15) is 0 Å². The highest BCUT2D eigenvalue weighted by atomic mass is 32.2. The van der Waals surface area contributed by atoms with Gasteiger partial charge in [-0.1, -0.05) is 6.42 Å². The van der Waals surface area contributed by atoms with Crippen LogP contribution in [0.4, 0.5) is 0 Å². The van der Waals surface area contributed by atoms with E-state index in [1.54, 1.807) is 4.31 Å². The molecule has 166 valence electrons. The fourth-order valence-electron chi connectivity index (χ4n) is 5.99. The van der Waals surface area contributed by atoms with E-state index in [4.69, 9.17) is 4.99 Å². The topological polar surface area (TPSA) is 68.2 Å². The minimum Gasteiger partial charge on any atom is -0.357 e. The van der Waals surface area contributed by atoms with Gasteiger partial charge in [0.05, 0.1) is 6.26 Å². The lowest BCUT2D eigenvalue weighted by atomic mass is 9.93. The van der Waals surface area contributed by atoms with Gasteiger partial charge in [-0.25, -0.2) is 12.7 Å². The molecule has 2 heterocycles. The van der Waals surface area contributed by atoms with Gasteiger partial charge in [-0.2, -0.15) is 0 Å². The normalized spacial score (nSPS) is 32.8. The summed E-state index contributed by atoms with van der Waals surface area (Å²) < 4.78 is 25.0. The summed E-state index contributed by atoms with van der Waals surface area (Å²) in [6, 6.07) is 0.843. The second kappa shape index (κ2) is 9.10. The van der Waals surface area contributed by atoms with Crippen molar-refractivity contribution in [1.82, 2.24) is 19.4 Å². The minimum absolute atomic E-state index is 0.483. The highest BCUT2D eigenvalue weighted by Crippen LogP contribution is 2.46. The first-order valence-corrected chi connectivity index (χ1v) is 13.5. The molecule has 1 N–H and O–H groups in total. The van der Waals surface area contributed by atoms with Gasteiger partial charge >= 0.3 is 0 Å². The van der Waals surface area contributed by atoms with E-state index in [1.165, 1.54) is 31.9 Å². The van der Waals surface area contributed by atoms with Crippen LogP contribution >= 0.6 is 0 Å². The third-order valence-electron chi connectivity index (χ3n) is 7.66. The van der Waals surface area contributed by atoms with Crippen molar-refractivity contribution in [3.63, 3.8) is 0 Å². The number of piperazine rings is 1. The molecule has 2 saturated heterocycles. The van der Waals surface area contributed by atoms with E-state index in [0.717, 1.165) is 75.9 Å². The van der Waals surface area contributed by atoms with E-state index in [1.807, 2.05) is 0 Å². The SMILES string of the molecule is CCNC(=NCC1CCN(S(C)(=O)=O)CC1)N1CCN(C2CC3CCC2C3)CC1. The maximum atomic E-state index is 11.7. The van der Waals surface area contributed by atoms with E-state index >= 15 is 0 Å². The molecule has 0 aromatic rings. The number of rotatable bonds is 5. The smallest absolute Gasteiger partial charge is 0.211 e. The zero-order valence-electron chi connectivity index (χ0n) is 18.2. The van der Waals surface area contributed by atoms with E-state index in [9.17, 15) is 8.42 Å². The lowest BCUT2D eigenvalue weighted by Crippen LogP contribution is -2.55. The predicted octanol–water partition coefficient (Wildman–Crippen LogP) is 1.43. The third-order valence-corrected chi connectivity index (χ3v) is 8.96. The minimum atomic E-state index is -3.05. The Bertz CT molecular complexity index is 681. The summed E-state index contributed by atoms with van der Waals surface area (Å²) in [4.78, 5) is 10.1. The van der Waals surface area contributed by atoms with Gasteiger partial charge in [0, 0.05) is 58.4 Å². The summed E-state index contributed by atoms with van der Waals surface area (Å²) in [6.07, 6.45) is 8.98. The second-order valence-electron chi connectivity index (χ2n) is 9.57. The van der Waals surface area contributed by atoms with Crippen LogP contribution in [0.15, 0.2) is 4.99 Å². The number of piperidine rings is 1. The Morgan fingerprint density at radius 3 is 2.28 bits per heavy atom. The summed E-state index contributed by atoms with van der Waals surface area (Å²) >= 11 is 0. The molecule has 2 aliphatic carbocycles. The molecule has 3 atom stereocenters. The third kappa shape index (κ3) is 5.07. The molecule has 0 spiro atoms. The van der Waals surface area contributed by atoms with E-state index < -0.39 is 10.0 Å². The quantitative estimate of drug-likeness (QED) is 0.533. The van der Waals surface area contributed by atoms with Gasteiger partial charge in [-0.05, 0) is 56.8 Å². The maximum Gasteiger partial charge on any atom is 0.211 e. The van der Waals surface area contributed by atoms with Crippen LogP contribution < -0.4 is 5.32 Å². The Morgan fingerprint density at radius 2 is 1.72 bits per heavy atom. The van der Waals surface area contributed by atoms with Gasteiger partial charge in [0.25, 0.3) is 0 Å². The molecule has 2 bridgehead atoms. The van der Waals surface area contributed by atoms with E-state index in [-0.39, 0.29) is 0 Å². The highest BCUT2D eigenvalue weighted by molar-refractivity contribution is 7.88. The lowest BCUT2D eigenvalue weighted by Gasteiger charge is -2.42. The van der Waals surface area contributed by atoms with E-state index in [0.29, 0.717) is 19.0 Å². The average Bonchev–Trinajstić information content (AvgIpc) is 3.35. The van der Waals surface area contributed by atoms with Crippen molar-refractivity contribution < 1.29 is 8.42 Å². The van der Waals surface area contributed by atoms with Crippen LogP contribution in [-0.4, -0.2) is 93.1 Å². The van der Waals surface area contributed by atoms with Crippen LogP contribution in [0, 0.1) is 17.8 Å². The molecule has 29 heavy (non-hydrogen) atoms. The van der Waals surface area contributed by atoms with Crippen LogP contribution in [0.5, 0.6) is 0 Å². The Labute approximate surface area is 177 Å². The summed E-state index contributed by atoms with van der Waals surface area (Å²) in [5, 5.41) is 3.49. The average molecular weight is 426 g/mol. The van der Waals surface area contributed by atoms with Crippen molar-refractivity contribution in [3.05, 3.63) is 0 Å². The molecular weight excluding hydrogens is 386 g/mol. The summed E-state index contributed by atoms with van der Waals surface area (Å²) in [5.41, 5.74) is 0. The summed E-state index contributed by atoms with van der Waals surface area (Å²) in [6.45, 7) is 9.53. The van der Waals surface area contributed by atoms with Crippen LogP contribution in [0.25, 0.3) is 0 Å². The van der Waals surface area contributed by atoms with Crippen LogP contribution in [-0.2, 0) is 10.0 Å². The first-order chi connectivity index (χ1) is 13.9. The molecule has 7 nitrogen and oxygen atoms in total. The number of hydrogen-bond donors (Lipinski definition) is 1. The standard InChI is InChI=1S/C21H39N5O2S/c1-3-22-21(23-16-17-6-8-26(9-7-17)29(2,27)28)25-12-10-24(11-13-25)20-15-18-4-5-19(20)14-18/h17-20H,3-16H2,1-2H3,(H,22,23). The van der Waals surface area contributed by atoms with Crippen LogP contribution in [0.1, 0.15) is 45.4 Å². The first kappa shape index (κ1) is 21.4. The van der Waals surface area contributed by atoms with Crippen molar-refractivity contribution in [3.8, 4) is 0 Å². The van der Waals surface area contributed by atoms with Gasteiger partial charge in [-0.15, -0.1) is 0 Å². The molecule has 4 fully saturated rings. The monoisotopic (exact) mass is 425 g/mol. The largest absolute Gasteiger partial charge is 0.357 e. The zero-order valence-corrected chi connectivity index (χ0v) is 19.0. The molecule has 0 radical (unpaired) electrons. The number of guanidine groups is 1. The fraction of sp³-hybridized carbons (Fsp3) is 0.952. The lowest BCUT2D eigenvalue weighted by molar-refractivity contribution is 0.0957. The predicted molar refractivity (Wildman–Crippen MR) is 118 cm³/mol. The molecular formula is C21H39N5O2S. The van der Waals surface area contributed by atoms with E-state index in [2.05, 4.69) is 22.0 Å². The number of nitrogens with one attached hydrogen (secondary N) is 1. The molecule has 2 saturated carbocycles. The second-order valence-corrected chi connectivity index (χ2v) is 11.5. The molecule has 0 aromatic heterocycles. The molecule has 0 amide bonds. The Hall–Kier alpha value is -0.860. The number of fused-ring (bicyclic) bond motifs is 2. The summed E-state index contributed by atoms with van der Waals surface area (Å²) in [5.74, 6) is 3.50. The van der Waals surface area contributed by atoms with Gasteiger partial charge in [0.15, 0.2) is 5.96 Å². The first-order valence-electron chi connectivity index (χ1n) is 11.7. The van der Waals surface area contributed by atoms with Gasteiger partial charge in [-0.3, -0.25) is 9.89 Å². The van der Waals surface area contributed by atoms with Crippen molar-refractivity contribution in [2.75, 3.05) is 58.6 Å². The van der Waals surface area contributed by atoms with Crippen molar-refractivity contribution in [2.45, 2.75) is 51.5 Å². The maximum absolute atomic E-state index is 11.7. The van der Waals surface area contributed by atoms with Crippen molar-refractivity contribution in [2.24, 2.45) is 22.7 Å².